The lowest BCUT2D eigenvalue weighted by molar-refractivity contribution is -0.131. The molecule has 0 unspecified atom stereocenters. The van der Waals surface area contributed by atoms with E-state index in [2.05, 4.69) is 0 Å². The van der Waals surface area contributed by atoms with E-state index in [0.29, 0.717) is 24.0 Å². The Bertz CT molecular complexity index is 794. The Morgan fingerprint density at radius 3 is 1.53 bits per heavy atom. The summed E-state index contributed by atoms with van der Waals surface area (Å²) in [7, 11) is 0. The fraction of sp³-hybridized carbons (Fsp3) is 0.615. The van der Waals surface area contributed by atoms with Crippen LogP contribution in [-0.4, -0.2) is 59.6 Å². The average molecular weight is 473 g/mol. The molecule has 0 bridgehead atoms. The fourth-order valence-electron chi connectivity index (χ4n) is 4.29. The maximum absolute atomic E-state index is 12.2. The first-order chi connectivity index (χ1) is 16.4. The minimum absolute atomic E-state index is 0.0490. The van der Waals surface area contributed by atoms with Crippen molar-refractivity contribution in [2.45, 2.75) is 77.0 Å². The topological polar surface area (TPSA) is 127 Å². The molecule has 0 atom stereocenters. The van der Waals surface area contributed by atoms with Gasteiger partial charge in [0.1, 0.15) is 0 Å². The van der Waals surface area contributed by atoms with Crippen molar-refractivity contribution >= 4 is 23.6 Å². The highest BCUT2D eigenvalue weighted by Gasteiger charge is 2.17. The first-order valence-electron chi connectivity index (χ1n) is 12.6. The molecule has 2 saturated heterocycles. The zero-order valence-corrected chi connectivity index (χ0v) is 20.3. The number of rotatable bonds is 7. The molecule has 2 aliphatic rings. The van der Waals surface area contributed by atoms with E-state index >= 15 is 0 Å². The van der Waals surface area contributed by atoms with Gasteiger partial charge in [-0.2, -0.15) is 0 Å². The van der Waals surface area contributed by atoms with Crippen molar-refractivity contribution in [3.8, 4) is 0 Å². The molecule has 2 heterocycles. The molecule has 8 heteroatoms. The van der Waals surface area contributed by atoms with E-state index in [9.17, 15) is 19.2 Å². The second kappa shape index (κ2) is 15.1. The predicted molar refractivity (Wildman–Crippen MR) is 132 cm³/mol. The number of hydrogen-bond acceptors (Lipinski definition) is 4. The van der Waals surface area contributed by atoms with Gasteiger partial charge in [-0.05, 0) is 62.8 Å². The Hall–Kier alpha value is -2.90. The number of amides is 4. The van der Waals surface area contributed by atoms with Crippen molar-refractivity contribution in [1.82, 2.24) is 9.80 Å². The molecule has 0 aliphatic carbocycles. The Morgan fingerprint density at radius 1 is 0.618 bits per heavy atom. The molecule has 2 aliphatic heterocycles. The number of primary amides is 2. The molecule has 0 spiro atoms. The van der Waals surface area contributed by atoms with Crippen LogP contribution in [0, 0.1) is 0 Å². The average Bonchev–Trinajstić information content (AvgIpc) is 3.27. The van der Waals surface area contributed by atoms with Crippen molar-refractivity contribution < 1.29 is 19.2 Å². The molecule has 0 aromatic heterocycles. The quantitative estimate of drug-likeness (QED) is 0.591. The highest BCUT2D eigenvalue weighted by Crippen LogP contribution is 2.14. The number of likely N-dealkylation sites (tertiary alicyclic amines) is 2. The minimum Gasteiger partial charge on any atom is -0.370 e. The van der Waals surface area contributed by atoms with Gasteiger partial charge >= 0.3 is 0 Å². The van der Waals surface area contributed by atoms with Crippen LogP contribution < -0.4 is 11.5 Å². The Balaban J connectivity index is 0.000000242. The molecule has 2 fully saturated rings. The summed E-state index contributed by atoms with van der Waals surface area (Å²) in [4.78, 5) is 49.4. The van der Waals surface area contributed by atoms with Crippen LogP contribution in [0.2, 0.25) is 0 Å². The standard InChI is InChI=1S/C14H18N2O2.C12H22N2O2/c15-13(17)11-5-7-12(8-6-11)14(18)16-9-3-1-2-4-10-16;13-11(15)7-3-4-8-12(16)14-9-5-1-2-6-10-14/h5-8H,1-4,9-10H2,(H2,15,17);1-10H2,(H2,13,15). The van der Waals surface area contributed by atoms with E-state index in [-0.39, 0.29) is 17.7 Å². The number of hydrogen-bond donors (Lipinski definition) is 2. The molecule has 8 nitrogen and oxygen atoms in total. The number of nitrogens with two attached hydrogens (primary N) is 2. The summed E-state index contributed by atoms with van der Waals surface area (Å²) >= 11 is 0. The van der Waals surface area contributed by atoms with Gasteiger partial charge in [-0.15, -0.1) is 0 Å². The Morgan fingerprint density at radius 2 is 1.06 bits per heavy atom. The molecule has 3 rings (SSSR count). The van der Waals surface area contributed by atoms with Crippen LogP contribution >= 0.6 is 0 Å². The lowest BCUT2D eigenvalue weighted by atomic mass is 10.1. The molecule has 34 heavy (non-hydrogen) atoms. The summed E-state index contributed by atoms with van der Waals surface area (Å²) in [5.41, 5.74) is 11.3. The zero-order valence-electron chi connectivity index (χ0n) is 20.3. The van der Waals surface area contributed by atoms with Crippen LogP contribution in [0.5, 0.6) is 0 Å². The van der Waals surface area contributed by atoms with Crippen molar-refractivity contribution in [3.05, 3.63) is 35.4 Å². The molecular weight excluding hydrogens is 432 g/mol. The van der Waals surface area contributed by atoms with Crippen LogP contribution in [0.3, 0.4) is 0 Å². The predicted octanol–water partition coefficient (Wildman–Crippen LogP) is 3.24. The third-order valence-corrected chi connectivity index (χ3v) is 6.33. The molecule has 0 saturated carbocycles. The molecule has 1 aromatic carbocycles. The van der Waals surface area contributed by atoms with Gasteiger partial charge in [0.15, 0.2) is 0 Å². The molecule has 4 amide bonds. The van der Waals surface area contributed by atoms with Gasteiger partial charge in [-0.3, -0.25) is 19.2 Å². The fourth-order valence-corrected chi connectivity index (χ4v) is 4.29. The molecule has 1 aromatic rings. The number of carbonyl (C=O) groups is 4. The van der Waals surface area contributed by atoms with Gasteiger partial charge in [-0.25, -0.2) is 0 Å². The van der Waals surface area contributed by atoms with Crippen LogP contribution in [0.4, 0.5) is 0 Å². The summed E-state index contributed by atoms with van der Waals surface area (Å²) in [6, 6.07) is 6.56. The van der Waals surface area contributed by atoms with E-state index in [0.717, 1.165) is 64.7 Å². The highest BCUT2D eigenvalue weighted by molar-refractivity contribution is 5.97. The van der Waals surface area contributed by atoms with E-state index < -0.39 is 5.91 Å². The van der Waals surface area contributed by atoms with Gasteiger partial charge in [-0.1, -0.05) is 25.7 Å². The van der Waals surface area contributed by atoms with Crippen LogP contribution in [0.1, 0.15) is 97.8 Å². The van der Waals surface area contributed by atoms with Crippen LogP contribution in [-0.2, 0) is 9.59 Å². The first-order valence-corrected chi connectivity index (χ1v) is 12.6. The largest absolute Gasteiger partial charge is 0.370 e. The summed E-state index contributed by atoms with van der Waals surface area (Å²) < 4.78 is 0. The summed E-state index contributed by atoms with van der Waals surface area (Å²) in [5.74, 6) is -0.453. The molecular formula is C26H40N4O4. The highest BCUT2D eigenvalue weighted by atomic mass is 16.2. The van der Waals surface area contributed by atoms with Crippen molar-refractivity contribution in [2.24, 2.45) is 11.5 Å². The second-order valence-electron chi connectivity index (χ2n) is 9.12. The Kier molecular flexibility index (Phi) is 12.1. The van der Waals surface area contributed by atoms with Crippen molar-refractivity contribution in [1.29, 1.82) is 0 Å². The minimum atomic E-state index is -0.469. The SMILES string of the molecule is NC(=O)CCCCC(=O)N1CCCCCC1.NC(=O)c1ccc(C(=O)N2CCCCCC2)cc1. The van der Waals surface area contributed by atoms with Gasteiger partial charge in [0.2, 0.25) is 17.7 Å². The molecule has 0 radical (unpaired) electrons. The van der Waals surface area contributed by atoms with E-state index in [1.807, 2.05) is 9.80 Å². The van der Waals surface area contributed by atoms with Crippen molar-refractivity contribution in [2.75, 3.05) is 26.2 Å². The zero-order chi connectivity index (χ0) is 24.8. The smallest absolute Gasteiger partial charge is 0.253 e. The first kappa shape index (κ1) is 27.3. The molecule has 188 valence electrons. The van der Waals surface area contributed by atoms with E-state index in [1.165, 1.54) is 25.7 Å². The third kappa shape index (κ3) is 9.93. The van der Waals surface area contributed by atoms with Crippen LogP contribution in [0.25, 0.3) is 0 Å². The number of unbranched alkanes of at least 4 members (excludes halogenated alkanes) is 1. The van der Waals surface area contributed by atoms with Gasteiger partial charge in [0.25, 0.3) is 5.91 Å². The lowest BCUT2D eigenvalue weighted by Gasteiger charge is -2.20. The van der Waals surface area contributed by atoms with Gasteiger partial charge in [0, 0.05) is 50.1 Å². The molecule has 4 N–H and O–H groups in total. The lowest BCUT2D eigenvalue weighted by Crippen LogP contribution is -2.31. The number of nitrogens with zero attached hydrogens (tertiary/aromatic N) is 2. The second-order valence-corrected chi connectivity index (χ2v) is 9.12. The maximum atomic E-state index is 12.2. The van der Waals surface area contributed by atoms with Crippen molar-refractivity contribution in [3.63, 3.8) is 0 Å². The maximum Gasteiger partial charge on any atom is 0.253 e. The van der Waals surface area contributed by atoms with Gasteiger partial charge < -0.3 is 21.3 Å². The summed E-state index contributed by atoms with van der Waals surface area (Å²) in [6.07, 6.45) is 11.8. The number of benzene rings is 1. The third-order valence-electron chi connectivity index (χ3n) is 6.33. The monoisotopic (exact) mass is 472 g/mol. The van der Waals surface area contributed by atoms with Crippen LogP contribution in [0.15, 0.2) is 24.3 Å². The summed E-state index contributed by atoms with van der Waals surface area (Å²) in [5, 5.41) is 0. The van der Waals surface area contributed by atoms with Gasteiger partial charge in [0.05, 0.1) is 0 Å². The Labute approximate surface area is 203 Å². The normalized spacial score (nSPS) is 16.5. The number of carbonyl (C=O) groups excluding carboxylic acids is 4. The summed E-state index contributed by atoms with van der Waals surface area (Å²) in [6.45, 7) is 3.48. The van der Waals surface area contributed by atoms with E-state index in [4.69, 9.17) is 11.5 Å². The van der Waals surface area contributed by atoms with E-state index in [1.54, 1.807) is 24.3 Å².